The van der Waals surface area contributed by atoms with Crippen molar-refractivity contribution in [3.05, 3.63) is 113 Å². The van der Waals surface area contributed by atoms with Gasteiger partial charge in [0.1, 0.15) is 5.15 Å². The van der Waals surface area contributed by atoms with E-state index in [2.05, 4.69) is 20.2 Å². The van der Waals surface area contributed by atoms with Crippen LogP contribution in [-0.2, 0) is 0 Å². The van der Waals surface area contributed by atoms with E-state index in [1.54, 1.807) is 23.0 Å². The van der Waals surface area contributed by atoms with Gasteiger partial charge in [-0.05, 0) is 0 Å². The summed E-state index contributed by atoms with van der Waals surface area (Å²) in [5.74, 6) is 0. The minimum atomic E-state index is -0.103. The third-order valence-corrected chi connectivity index (χ3v) is 5.10. The average molecular weight is 441 g/mol. The van der Waals surface area contributed by atoms with Gasteiger partial charge in [0.2, 0.25) is 0 Å². The Bertz CT molecular complexity index is 1550. The molecule has 0 amide bonds. The first-order chi connectivity index (χ1) is 15.7. The van der Waals surface area contributed by atoms with E-state index in [9.17, 15) is 4.79 Å². The number of rotatable bonds is 2. The topological polar surface area (TPSA) is 80.3 Å². The van der Waals surface area contributed by atoms with Crippen molar-refractivity contribution < 1.29 is 0 Å². The molecule has 0 radical (unpaired) electrons. The second-order valence-corrected chi connectivity index (χ2v) is 7.32. The van der Waals surface area contributed by atoms with E-state index >= 15 is 0 Å². The normalized spacial score (nSPS) is 10.8. The van der Waals surface area contributed by atoms with E-state index in [0.717, 1.165) is 22.5 Å². The fourth-order valence-electron chi connectivity index (χ4n) is 3.32. The number of halogens is 1. The van der Waals surface area contributed by atoms with Crippen molar-refractivity contribution in [3.63, 3.8) is 0 Å². The van der Waals surface area contributed by atoms with Gasteiger partial charge in [-0.1, -0.05) is 72.3 Å². The van der Waals surface area contributed by atoms with E-state index in [1.165, 1.54) is 10.6 Å². The first-order valence-corrected chi connectivity index (χ1v) is 10.3. The smallest absolute Gasteiger partial charge is 0.273 e. The van der Waals surface area contributed by atoms with Gasteiger partial charge in [0.15, 0.2) is 11.3 Å². The maximum Gasteiger partial charge on any atom is 0.273 e. The molecule has 0 aliphatic heterocycles. The Balaban J connectivity index is 0.000000135. The van der Waals surface area contributed by atoms with Crippen LogP contribution >= 0.6 is 11.6 Å². The zero-order valence-electron chi connectivity index (χ0n) is 16.8. The van der Waals surface area contributed by atoms with Gasteiger partial charge in [0, 0.05) is 41.6 Å². The predicted molar refractivity (Wildman–Crippen MR) is 125 cm³/mol. The molecule has 0 saturated carbocycles. The number of H-pyrrole nitrogens is 1. The van der Waals surface area contributed by atoms with E-state index in [-0.39, 0.29) is 5.56 Å². The second kappa shape index (κ2) is 8.49. The van der Waals surface area contributed by atoms with Gasteiger partial charge in [-0.3, -0.25) is 9.89 Å². The van der Waals surface area contributed by atoms with Crippen molar-refractivity contribution in [1.82, 2.24) is 29.2 Å². The highest BCUT2D eigenvalue weighted by molar-refractivity contribution is 6.30. The molecule has 0 fully saturated rings. The number of aromatic amines is 1. The highest BCUT2D eigenvalue weighted by Crippen LogP contribution is 2.21. The molecule has 4 heterocycles. The zero-order valence-corrected chi connectivity index (χ0v) is 17.5. The highest BCUT2D eigenvalue weighted by atomic mass is 35.5. The minimum absolute atomic E-state index is 0.103. The molecule has 0 aliphatic carbocycles. The zero-order chi connectivity index (χ0) is 21.9. The quantitative estimate of drug-likeness (QED) is 0.394. The van der Waals surface area contributed by atoms with Crippen LogP contribution in [0, 0.1) is 0 Å². The van der Waals surface area contributed by atoms with Crippen LogP contribution in [-0.4, -0.2) is 29.2 Å². The monoisotopic (exact) mass is 440 g/mol. The lowest BCUT2D eigenvalue weighted by atomic mass is 10.1. The van der Waals surface area contributed by atoms with Crippen LogP contribution in [0.2, 0.25) is 5.15 Å². The van der Waals surface area contributed by atoms with Crippen molar-refractivity contribution in [1.29, 1.82) is 0 Å². The van der Waals surface area contributed by atoms with Gasteiger partial charge < -0.3 is 0 Å². The number of nitrogens with one attached hydrogen (secondary N) is 1. The largest absolute Gasteiger partial charge is 0.297 e. The van der Waals surface area contributed by atoms with E-state index in [4.69, 9.17) is 11.6 Å². The van der Waals surface area contributed by atoms with E-state index < -0.39 is 0 Å². The standard InChI is InChI=1S/C12H8ClN3.C12H9N3O/c13-11-8-10(9-4-2-1-3-5-9)15-12-6-7-14-16(11)12;16-12-8-10(9-4-2-1-3-5-9)14-11-6-7-13-15(11)12/h1-8H;1-8,13H. The Hall–Kier alpha value is -4.23. The van der Waals surface area contributed by atoms with Crippen LogP contribution < -0.4 is 5.56 Å². The van der Waals surface area contributed by atoms with Gasteiger partial charge in [0.25, 0.3) is 5.56 Å². The van der Waals surface area contributed by atoms with E-state index in [0.29, 0.717) is 16.5 Å². The summed E-state index contributed by atoms with van der Waals surface area (Å²) in [7, 11) is 0. The molecule has 156 valence electrons. The molecule has 32 heavy (non-hydrogen) atoms. The van der Waals surface area contributed by atoms with Crippen molar-refractivity contribution in [2.45, 2.75) is 0 Å². The molecule has 0 saturated heterocycles. The van der Waals surface area contributed by atoms with Crippen LogP contribution in [0.1, 0.15) is 0 Å². The van der Waals surface area contributed by atoms with Gasteiger partial charge in [0.05, 0.1) is 17.6 Å². The summed E-state index contributed by atoms with van der Waals surface area (Å²) < 4.78 is 3.01. The molecule has 0 bridgehead atoms. The Morgan fingerprint density at radius 3 is 2.06 bits per heavy atom. The Morgan fingerprint density at radius 2 is 1.38 bits per heavy atom. The molecular weight excluding hydrogens is 424 g/mol. The maximum absolute atomic E-state index is 11.7. The molecule has 6 rings (SSSR count). The SMILES string of the molecule is Clc1cc(-c2ccccc2)nc2ccnn12.O=c1cc(-c2ccccc2)nc2cc[nH]n12. The molecular formula is C24H17ClN6O. The van der Waals surface area contributed by atoms with Crippen molar-refractivity contribution >= 4 is 22.9 Å². The van der Waals surface area contributed by atoms with Crippen LogP contribution in [0.3, 0.4) is 0 Å². The Kier molecular flexibility index (Phi) is 5.23. The fraction of sp³-hybridized carbons (Fsp3) is 0. The van der Waals surface area contributed by atoms with Gasteiger partial charge >= 0.3 is 0 Å². The molecule has 7 nitrogen and oxygen atoms in total. The third kappa shape index (κ3) is 3.89. The summed E-state index contributed by atoms with van der Waals surface area (Å²) in [5.41, 5.74) is 4.84. The molecule has 0 aliphatic rings. The predicted octanol–water partition coefficient (Wildman–Crippen LogP) is 4.74. The van der Waals surface area contributed by atoms with Crippen LogP contribution in [0.4, 0.5) is 0 Å². The summed E-state index contributed by atoms with van der Waals surface area (Å²) in [6.45, 7) is 0. The lowest BCUT2D eigenvalue weighted by Crippen LogP contribution is -2.13. The number of hydrogen-bond acceptors (Lipinski definition) is 4. The average Bonchev–Trinajstić information content (AvgIpc) is 3.51. The van der Waals surface area contributed by atoms with Gasteiger partial charge in [-0.2, -0.15) is 5.10 Å². The van der Waals surface area contributed by atoms with Crippen LogP contribution in [0.25, 0.3) is 33.8 Å². The molecule has 1 N–H and O–H groups in total. The molecule has 0 unspecified atom stereocenters. The number of fused-ring (bicyclic) bond motifs is 2. The summed E-state index contributed by atoms with van der Waals surface area (Å²) in [6, 6.07) is 26.5. The number of aromatic nitrogens is 6. The maximum atomic E-state index is 11.7. The molecule has 0 atom stereocenters. The third-order valence-electron chi connectivity index (χ3n) is 4.84. The van der Waals surface area contributed by atoms with Crippen molar-refractivity contribution in [3.8, 4) is 22.5 Å². The van der Waals surface area contributed by atoms with Crippen molar-refractivity contribution in [2.75, 3.05) is 0 Å². The number of benzene rings is 2. The van der Waals surface area contributed by atoms with E-state index in [1.807, 2.05) is 72.8 Å². The summed E-state index contributed by atoms with van der Waals surface area (Å²) in [5, 5.41) is 7.45. The Labute approximate surface area is 187 Å². The molecule has 0 spiro atoms. The molecule has 6 aromatic rings. The number of nitrogens with zero attached hydrogens (tertiary/aromatic N) is 5. The molecule has 4 aromatic heterocycles. The first-order valence-electron chi connectivity index (χ1n) is 9.87. The summed E-state index contributed by atoms with van der Waals surface area (Å²) >= 11 is 6.11. The summed E-state index contributed by atoms with van der Waals surface area (Å²) in [6.07, 6.45) is 3.38. The fourth-order valence-corrected chi connectivity index (χ4v) is 3.55. The number of hydrogen-bond donors (Lipinski definition) is 1. The molecule has 2 aromatic carbocycles. The lowest BCUT2D eigenvalue weighted by Gasteiger charge is -2.02. The summed E-state index contributed by atoms with van der Waals surface area (Å²) in [4.78, 5) is 20.6. The van der Waals surface area contributed by atoms with Gasteiger partial charge in [-0.15, -0.1) is 0 Å². The lowest BCUT2D eigenvalue weighted by molar-refractivity contribution is 0.901. The Morgan fingerprint density at radius 1 is 0.750 bits per heavy atom. The molecule has 8 heteroatoms. The van der Waals surface area contributed by atoms with Crippen LogP contribution in [0.5, 0.6) is 0 Å². The first kappa shape index (κ1) is 19.7. The van der Waals surface area contributed by atoms with Gasteiger partial charge in [-0.25, -0.2) is 19.0 Å². The minimum Gasteiger partial charge on any atom is -0.297 e. The van der Waals surface area contributed by atoms with Crippen LogP contribution in [0.15, 0.2) is 102 Å². The van der Waals surface area contributed by atoms with Crippen molar-refractivity contribution in [2.24, 2.45) is 0 Å². The second-order valence-electron chi connectivity index (χ2n) is 6.93. The highest BCUT2D eigenvalue weighted by Gasteiger charge is 2.06.